The number of nitrogens with zero attached hydrogens (tertiary/aromatic N) is 5. The predicted octanol–water partition coefficient (Wildman–Crippen LogP) is 2.69. The molecule has 0 spiro atoms. The van der Waals surface area contributed by atoms with Gasteiger partial charge in [0.1, 0.15) is 11.4 Å². The van der Waals surface area contributed by atoms with Crippen molar-refractivity contribution in [1.82, 2.24) is 24.9 Å². The molecule has 2 N–H and O–H groups in total. The molecule has 0 aromatic carbocycles. The van der Waals surface area contributed by atoms with Gasteiger partial charge in [0.2, 0.25) is 0 Å². The number of rotatable bonds is 5. The lowest BCUT2D eigenvalue weighted by molar-refractivity contribution is 0.102. The number of hydrogen-bond donors (Lipinski definition) is 2. The van der Waals surface area contributed by atoms with E-state index in [0.29, 0.717) is 23.7 Å². The van der Waals surface area contributed by atoms with Crippen molar-refractivity contribution >= 4 is 35.6 Å². The van der Waals surface area contributed by atoms with Crippen molar-refractivity contribution in [1.29, 1.82) is 0 Å². The molecule has 1 saturated heterocycles. The summed E-state index contributed by atoms with van der Waals surface area (Å²) in [5, 5.41) is 14.8. The number of ether oxygens (including phenoxy) is 1. The van der Waals surface area contributed by atoms with Gasteiger partial charge in [0.15, 0.2) is 11.6 Å². The van der Waals surface area contributed by atoms with Gasteiger partial charge in [-0.15, -0.1) is 22.6 Å². The average molecular weight is 446 g/mol. The largest absolute Gasteiger partial charge is 0.493 e. The van der Waals surface area contributed by atoms with Gasteiger partial charge in [-0.05, 0) is 39.8 Å². The molecule has 4 rings (SSSR count). The van der Waals surface area contributed by atoms with Crippen molar-refractivity contribution in [2.75, 3.05) is 36.5 Å². The molecule has 4 heterocycles. The normalized spacial score (nSPS) is 15.4. The highest BCUT2D eigenvalue weighted by Crippen LogP contribution is 2.23. The Morgan fingerprint density at radius 1 is 1.29 bits per heavy atom. The number of pyridine rings is 1. The number of fused-ring (bicyclic) bond motifs is 1. The van der Waals surface area contributed by atoms with Crippen molar-refractivity contribution < 1.29 is 9.53 Å². The summed E-state index contributed by atoms with van der Waals surface area (Å²) in [7, 11) is 0. The number of carbonyl (C=O) groups is 1. The van der Waals surface area contributed by atoms with E-state index in [4.69, 9.17) is 4.74 Å². The van der Waals surface area contributed by atoms with Crippen LogP contribution in [-0.4, -0.2) is 57.3 Å². The highest BCUT2D eigenvalue weighted by atomic mass is 35.5. The molecule has 1 fully saturated rings. The smallest absolute Gasteiger partial charge is 0.262 e. The van der Waals surface area contributed by atoms with Crippen LogP contribution in [-0.2, 0) is 0 Å². The molecule has 0 saturated carbocycles. The molecule has 0 unspecified atom stereocenters. The van der Waals surface area contributed by atoms with Crippen LogP contribution in [0, 0.1) is 6.92 Å². The molecule has 0 radical (unpaired) electrons. The molecular weight excluding hydrogens is 418 g/mol. The van der Waals surface area contributed by atoms with Gasteiger partial charge >= 0.3 is 0 Å². The minimum absolute atomic E-state index is 0. The van der Waals surface area contributed by atoms with Crippen molar-refractivity contribution in [3.05, 3.63) is 41.9 Å². The molecule has 10 heteroatoms. The summed E-state index contributed by atoms with van der Waals surface area (Å²) in [6.45, 7) is 11.2. The number of anilines is 2. The molecule has 3 aromatic heterocycles. The van der Waals surface area contributed by atoms with Crippen LogP contribution < -0.4 is 20.3 Å². The van der Waals surface area contributed by atoms with Crippen molar-refractivity contribution in [3.63, 3.8) is 0 Å². The fourth-order valence-electron chi connectivity index (χ4n) is 3.67. The summed E-state index contributed by atoms with van der Waals surface area (Å²) in [6, 6.07) is 5.43. The van der Waals surface area contributed by atoms with Gasteiger partial charge in [-0.2, -0.15) is 0 Å². The number of nitrogens with one attached hydrogen (secondary N) is 2. The first kappa shape index (κ1) is 22.8. The van der Waals surface area contributed by atoms with E-state index >= 15 is 0 Å². The Bertz CT molecular complexity index is 1070. The van der Waals surface area contributed by atoms with Crippen LogP contribution >= 0.6 is 12.4 Å². The molecule has 1 aliphatic heterocycles. The van der Waals surface area contributed by atoms with E-state index in [-0.39, 0.29) is 23.9 Å². The van der Waals surface area contributed by atoms with Crippen molar-refractivity contribution in [2.45, 2.75) is 33.2 Å². The topological polar surface area (TPSA) is 96.7 Å². The van der Waals surface area contributed by atoms with Gasteiger partial charge in [0, 0.05) is 43.6 Å². The van der Waals surface area contributed by atoms with Crippen LogP contribution in [0.2, 0.25) is 0 Å². The Kier molecular flexibility index (Phi) is 6.66. The number of aryl methyl sites for hydroxylation is 1. The summed E-state index contributed by atoms with van der Waals surface area (Å²) in [5.41, 5.74) is 2.03. The number of piperazine rings is 1. The molecule has 0 bridgehead atoms. The maximum absolute atomic E-state index is 12.9. The first-order chi connectivity index (χ1) is 14.3. The number of carbonyl (C=O) groups excluding carboxylic acids is 1. The molecular formula is C21H28ClN7O2. The zero-order valence-corrected chi connectivity index (χ0v) is 19.0. The van der Waals surface area contributed by atoms with E-state index in [9.17, 15) is 4.79 Å². The number of imidazole rings is 1. The average Bonchev–Trinajstić information content (AvgIpc) is 3.06. The molecule has 1 aliphatic rings. The number of halogens is 1. The second-order valence-electron chi connectivity index (χ2n) is 8.10. The second-order valence-corrected chi connectivity index (χ2v) is 8.10. The third-order valence-electron chi connectivity index (χ3n) is 5.01. The van der Waals surface area contributed by atoms with Crippen LogP contribution in [0.4, 0.5) is 11.6 Å². The highest BCUT2D eigenvalue weighted by molar-refractivity contribution is 6.05. The number of hydrogen-bond acceptors (Lipinski definition) is 7. The van der Waals surface area contributed by atoms with E-state index in [1.54, 1.807) is 18.3 Å². The molecule has 3 aromatic rings. The Labute approximate surface area is 187 Å². The van der Waals surface area contributed by atoms with Crippen molar-refractivity contribution in [2.24, 2.45) is 0 Å². The quantitative estimate of drug-likeness (QED) is 0.623. The monoisotopic (exact) mass is 445 g/mol. The summed E-state index contributed by atoms with van der Waals surface area (Å²) in [4.78, 5) is 19.5. The second kappa shape index (κ2) is 9.07. The Balaban J connectivity index is 0.00000272. The third-order valence-corrected chi connectivity index (χ3v) is 5.01. The molecule has 9 nitrogen and oxygen atoms in total. The number of amides is 1. The van der Waals surface area contributed by atoms with Gasteiger partial charge in [0.05, 0.1) is 17.9 Å². The summed E-state index contributed by atoms with van der Waals surface area (Å²) >= 11 is 0. The maximum Gasteiger partial charge on any atom is 0.262 e. The highest BCUT2D eigenvalue weighted by Gasteiger charge is 2.26. The SMILES string of the molecule is CCOc1cc2nc(C)cn2cc1C(=O)Nc1ccc(N2CCNC(C)(C)C2)nn1.Cl. The molecule has 0 atom stereocenters. The molecule has 31 heavy (non-hydrogen) atoms. The van der Waals surface area contributed by atoms with Crippen molar-refractivity contribution in [3.8, 4) is 5.75 Å². The van der Waals surface area contributed by atoms with Gasteiger partial charge in [-0.25, -0.2) is 4.98 Å². The van der Waals surface area contributed by atoms with Crippen LogP contribution in [0.25, 0.3) is 5.65 Å². The van der Waals surface area contributed by atoms with Crippen LogP contribution in [0.15, 0.2) is 30.6 Å². The van der Waals surface area contributed by atoms with E-state index in [2.05, 4.69) is 44.6 Å². The summed E-state index contributed by atoms with van der Waals surface area (Å²) < 4.78 is 7.48. The lowest BCUT2D eigenvalue weighted by atomic mass is 10.0. The Hall–Kier alpha value is -2.91. The van der Waals surface area contributed by atoms with Gasteiger partial charge in [-0.3, -0.25) is 4.79 Å². The Morgan fingerprint density at radius 2 is 2.10 bits per heavy atom. The molecule has 166 valence electrons. The summed E-state index contributed by atoms with van der Waals surface area (Å²) in [6.07, 6.45) is 3.59. The first-order valence-electron chi connectivity index (χ1n) is 10.1. The fraction of sp³-hybridized carbons (Fsp3) is 0.429. The van der Waals surface area contributed by atoms with Crippen LogP contribution in [0.3, 0.4) is 0 Å². The van der Waals surface area contributed by atoms with Crippen LogP contribution in [0.1, 0.15) is 36.8 Å². The van der Waals surface area contributed by atoms with Crippen LogP contribution in [0.5, 0.6) is 5.75 Å². The first-order valence-corrected chi connectivity index (χ1v) is 10.1. The number of aromatic nitrogens is 4. The lowest BCUT2D eigenvalue weighted by Crippen LogP contribution is -2.57. The van der Waals surface area contributed by atoms with Gasteiger partial charge in [0.25, 0.3) is 5.91 Å². The summed E-state index contributed by atoms with van der Waals surface area (Å²) in [5.74, 6) is 1.37. The predicted molar refractivity (Wildman–Crippen MR) is 123 cm³/mol. The van der Waals surface area contributed by atoms with E-state index in [0.717, 1.165) is 36.8 Å². The van der Waals surface area contributed by atoms with Gasteiger partial charge in [-0.1, -0.05) is 0 Å². The minimum atomic E-state index is -0.308. The molecule has 1 amide bonds. The van der Waals surface area contributed by atoms with E-state index < -0.39 is 0 Å². The maximum atomic E-state index is 12.9. The van der Waals surface area contributed by atoms with E-state index in [1.165, 1.54) is 0 Å². The minimum Gasteiger partial charge on any atom is -0.493 e. The molecule has 0 aliphatic carbocycles. The zero-order chi connectivity index (χ0) is 21.3. The standard InChI is InChI=1S/C21H27N7O2.ClH/c1-5-30-16-10-19-23-14(2)11-28(19)12-15(16)20(29)24-17-6-7-18(26-25-17)27-9-8-22-21(3,4)13-27;/h6-7,10-12,22H,5,8-9,13H2,1-4H3,(H,24,25,29);1H. The lowest BCUT2D eigenvalue weighted by Gasteiger charge is -2.39. The third kappa shape index (κ3) is 5.05. The van der Waals surface area contributed by atoms with E-state index in [1.807, 2.05) is 30.5 Å². The van der Waals surface area contributed by atoms with Gasteiger partial charge < -0.3 is 24.7 Å². The zero-order valence-electron chi connectivity index (χ0n) is 18.2. The Morgan fingerprint density at radius 3 is 2.77 bits per heavy atom. The fourth-order valence-corrected chi connectivity index (χ4v) is 3.67.